The van der Waals surface area contributed by atoms with Gasteiger partial charge in [0.25, 0.3) is 0 Å². The number of halogens is 2. The summed E-state index contributed by atoms with van der Waals surface area (Å²) in [6, 6.07) is 2.45. The zero-order chi connectivity index (χ0) is 14.3. The number of fused-ring (bicyclic) bond motifs is 1. The molecule has 0 amide bonds. The molecule has 1 aliphatic rings. The van der Waals surface area contributed by atoms with Crippen LogP contribution in [-0.4, -0.2) is 14.5 Å². The van der Waals surface area contributed by atoms with Crippen molar-refractivity contribution >= 4 is 38.7 Å². The van der Waals surface area contributed by atoms with Crippen LogP contribution in [0.15, 0.2) is 16.7 Å². The Labute approximate surface area is 132 Å². The fourth-order valence-electron chi connectivity index (χ4n) is 3.38. The van der Waals surface area contributed by atoms with E-state index in [1.54, 1.807) is 0 Å². The van der Waals surface area contributed by atoms with Crippen LogP contribution in [0.4, 0.5) is 0 Å². The van der Waals surface area contributed by atoms with Crippen molar-refractivity contribution in [1.82, 2.24) is 14.5 Å². The Morgan fingerprint density at radius 3 is 2.95 bits per heavy atom. The van der Waals surface area contributed by atoms with E-state index in [-0.39, 0.29) is 5.41 Å². The number of hydrogen-bond acceptors (Lipinski definition) is 2. The van der Waals surface area contributed by atoms with Crippen LogP contribution >= 0.6 is 27.5 Å². The van der Waals surface area contributed by atoms with Gasteiger partial charge in [0, 0.05) is 16.7 Å². The van der Waals surface area contributed by atoms with Gasteiger partial charge in [-0.15, -0.1) is 11.6 Å². The average Bonchev–Trinajstić information content (AvgIpc) is 2.75. The first-order valence-corrected chi connectivity index (χ1v) is 8.44. The molecule has 0 aromatic carbocycles. The lowest BCUT2D eigenvalue weighted by Gasteiger charge is -2.40. The van der Waals surface area contributed by atoms with Crippen LogP contribution in [0.5, 0.6) is 0 Å². The van der Waals surface area contributed by atoms with E-state index < -0.39 is 0 Å². The van der Waals surface area contributed by atoms with Crippen molar-refractivity contribution in [3.63, 3.8) is 0 Å². The summed E-state index contributed by atoms with van der Waals surface area (Å²) in [5.74, 6) is 1.37. The first kappa shape index (κ1) is 14.3. The Bertz CT molecular complexity index is 635. The monoisotopic (exact) mass is 355 g/mol. The standard InChI is InChI=1S/C15H19BrClN3/c1-15(2)6-4-3-5-12(15)20-13(8-17)19-11-7-10(16)9-18-14(11)20/h7,9,12H,3-6,8H2,1-2H3. The second-order valence-electron chi connectivity index (χ2n) is 6.28. The van der Waals surface area contributed by atoms with Gasteiger partial charge in [-0.05, 0) is 40.3 Å². The van der Waals surface area contributed by atoms with E-state index in [0.29, 0.717) is 11.9 Å². The van der Waals surface area contributed by atoms with Gasteiger partial charge < -0.3 is 4.57 Å². The van der Waals surface area contributed by atoms with Crippen LogP contribution in [0, 0.1) is 5.41 Å². The smallest absolute Gasteiger partial charge is 0.160 e. The van der Waals surface area contributed by atoms with Gasteiger partial charge in [0.05, 0.1) is 5.88 Å². The molecule has 3 rings (SSSR count). The summed E-state index contributed by atoms with van der Waals surface area (Å²) in [4.78, 5) is 9.26. The van der Waals surface area contributed by atoms with Gasteiger partial charge in [-0.25, -0.2) is 9.97 Å². The number of imidazole rings is 1. The molecule has 0 saturated heterocycles. The normalized spacial score (nSPS) is 22.3. The Hall–Kier alpha value is -0.610. The molecule has 2 aromatic rings. The van der Waals surface area contributed by atoms with Crippen molar-refractivity contribution in [2.45, 2.75) is 51.5 Å². The third kappa shape index (κ3) is 2.37. The molecule has 3 nitrogen and oxygen atoms in total. The molecule has 1 unspecified atom stereocenters. The summed E-state index contributed by atoms with van der Waals surface area (Å²) in [6.07, 6.45) is 6.85. The molecule has 2 aromatic heterocycles. The van der Waals surface area contributed by atoms with E-state index in [0.717, 1.165) is 21.5 Å². The van der Waals surface area contributed by atoms with Crippen molar-refractivity contribution in [1.29, 1.82) is 0 Å². The molecule has 2 heterocycles. The first-order valence-electron chi connectivity index (χ1n) is 7.11. The fraction of sp³-hybridized carbons (Fsp3) is 0.600. The molecule has 0 bridgehead atoms. The zero-order valence-corrected chi connectivity index (χ0v) is 14.2. The third-order valence-corrected chi connectivity index (χ3v) is 5.12. The second kappa shape index (κ2) is 5.30. The molecule has 1 fully saturated rings. The van der Waals surface area contributed by atoms with E-state index in [1.165, 1.54) is 25.7 Å². The highest BCUT2D eigenvalue weighted by atomic mass is 79.9. The lowest BCUT2D eigenvalue weighted by molar-refractivity contribution is 0.145. The summed E-state index contributed by atoms with van der Waals surface area (Å²) in [5.41, 5.74) is 2.15. The van der Waals surface area contributed by atoms with Gasteiger partial charge in [-0.3, -0.25) is 0 Å². The van der Waals surface area contributed by atoms with Crippen molar-refractivity contribution in [2.75, 3.05) is 0 Å². The summed E-state index contributed by atoms with van der Waals surface area (Å²) < 4.78 is 3.24. The van der Waals surface area contributed by atoms with Gasteiger partial charge in [0.1, 0.15) is 11.3 Å². The quantitative estimate of drug-likeness (QED) is 0.703. The summed E-state index contributed by atoms with van der Waals surface area (Å²) >= 11 is 9.59. The molecular formula is C15H19BrClN3. The molecule has 0 spiro atoms. The Morgan fingerprint density at radius 2 is 2.25 bits per heavy atom. The number of nitrogens with zero attached hydrogens (tertiary/aromatic N) is 3. The van der Waals surface area contributed by atoms with Crippen LogP contribution in [0.3, 0.4) is 0 Å². The minimum Gasteiger partial charge on any atom is -0.308 e. The fourth-order valence-corrected chi connectivity index (χ4v) is 3.89. The molecule has 20 heavy (non-hydrogen) atoms. The lowest BCUT2D eigenvalue weighted by atomic mass is 9.73. The molecule has 1 aliphatic carbocycles. The van der Waals surface area contributed by atoms with Crippen LogP contribution in [0.1, 0.15) is 51.4 Å². The highest BCUT2D eigenvalue weighted by Gasteiger charge is 2.35. The predicted octanol–water partition coefficient (Wildman–Crippen LogP) is 5.07. The van der Waals surface area contributed by atoms with Gasteiger partial charge in [0.2, 0.25) is 0 Å². The van der Waals surface area contributed by atoms with Crippen molar-refractivity contribution in [3.8, 4) is 0 Å². The van der Waals surface area contributed by atoms with Crippen molar-refractivity contribution in [2.24, 2.45) is 5.41 Å². The maximum Gasteiger partial charge on any atom is 0.160 e. The van der Waals surface area contributed by atoms with Gasteiger partial charge in [-0.2, -0.15) is 0 Å². The van der Waals surface area contributed by atoms with Crippen LogP contribution in [0.25, 0.3) is 11.2 Å². The molecule has 108 valence electrons. The Morgan fingerprint density at radius 1 is 1.45 bits per heavy atom. The summed E-state index contributed by atoms with van der Waals surface area (Å²) in [7, 11) is 0. The highest BCUT2D eigenvalue weighted by Crippen LogP contribution is 2.45. The van der Waals surface area contributed by atoms with E-state index in [1.807, 2.05) is 12.3 Å². The summed E-state index contributed by atoms with van der Waals surface area (Å²) in [5, 5.41) is 0. The number of aromatic nitrogens is 3. The number of pyridine rings is 1. The van der Waals surface area contributed by atoms with Crippen LogP contribution in [0.2, 0.25) is 0 Å². The van der Waals surface area contributed by atoms with Gasteiger partial charge >= 0.3 is 0 Å². The maximum atomic E-state index is 6.13. The Kier molecular flexibility index (Phi) is 3.80. The number of hydrogen-bond donors (Lipinski definition) is 0. The Balaban J connectivity index is 2.18. The van der Waals surface area contributed by atoms with E-state index in [4.69, 9.17) is 11.6 Å². The first-order chi connectivity index (χ1) is 9.53. The topological polar surface area (TPSA) is 30.7 Å². The molecule has 0 radical (unpaired) electrons. The molecule has 5 heteroatoms. The molecule has 0 N–H and O–H groups in total. The third-order valence-electron chi connectivity index (χ3n) is 4.45. The summed E-state index contributed by atoms with van der Waals surface area (Å²) in [6.45, 7) is 4.69. The van der Waals surface area contributed by atoms with Gasteiger partial charge in [-0.1, -0.05) is 26.7 Å². The molecule has 1 atom stereocenters. The minimum absolute atomic E-state index is 0.265. The second-order valence-corrected chi connectivity index (χ2v) is 7.46. The maximum absolute atomic E-state index is 6.13. The van der Waals surface area contributed by atoms with Crippen LogP contribution < -0.4 is 0 Å². The average molecular weight is 357 g/mol. The van der Waals surface area contributed by atoms with Crippen LogP contribution in [-0.2, 0) is 5.88 Å². The van der Waals surface area contributed by atoms with E-state index >= 15 is 0 Å². The number of alkyl halides is 1. The number of rotatable bonds is 2. The van der Waals surface area contributed by atoms with Crippen molar-refractivity contribution < 1.29 is 0 Å². The van der Waals surface area contributed by atoms with Gasteiger partial charge in [0.15, 0.2) is 5.65 Å². The zero-order valence-electron chi connectivity index (χ0n) is 11.9. The predicted molar refractivity (Wildman–Crippen MR) is 86.1 cm³/mol. The largest absolute Gasteiger partial charge is 0.308 e. The lowest BCUT2D eigenvalue weighted by Crippen LogP contribution is -2.31. The molecule has 1 saturated carbocycles. The molecule has 0 aliphatic heterocycles. The SMILES string of the molecule is CC1(C)CCCCC1n1c(CCl)nc2cc(Br)cnc21. The molecular weight excluding hydrogens is 338 g/mol. The van der Waals surface area contributed by atoms with E-state index in [2.05, 4.69) is 44.3 Å². The highest BCUT2D eigenvalue weighted by molar-refractivity contribution is 9.10. The van der Waals surface area contributed by atoms with E-state index in [9.17, 15) is 0 Å². The minimum atomic E-state index is 0.265. The van der Waals surface area contributed by atoms with Crippen molar-refractivity contribution in [3.05, 3.63) is 22.6 Å².